The molecule has 328 valence electrons. The minimum Gasteiger partial charge on any atom is -0.459 e. The van der Waals surface area contributed by atoms with Crippen LogP contribution in [0.15, 0.2) is 5.16 Å². The van der Waals surface area contributed by atoms with Crippen molar-refractivity contribution in [1.29, 1.82) is 0 Å². The van der Waals surface area contributed by atoms with E-state index in [-0.39, 0.29) is 31.4 Å². The highest BCUT2D eigenvalue weighted by molar-refractivity contribution is 5.88. The Morgan fingerprint density at radius 1 is 0.911 bits per heavy atom. The van der Waals surface area contributed by atoms with Gasteiger partial charge in [-0.2, -0.15) is 0 Å². The number of ether oxygens (including phenoxy) is 6. The number of nitrogens with zero attached hydrogens (tertiary/aromatic N) is 2. The number of aliphatic hydroxyl groups excluding tert-OH is 3. The summed E-state index contributed by atoms with van der Waals surface area (Å²) < 4.78 is 37.7. The molecule has 0 spiro atoms. The number of rotatable bonds is 11. The van der Waals surface area contributed by atoms with Crippen LogP contribution in [0.5, 0.6) is 0 Å². The molecule has 0 amide bonds. The van der Waals surface area contributed by atoms with Crippen molar-refractivity contribution in [1.82, 2.24) is 4.90 Å². The minimum atomic E-state index is -1.92. The lowest BCUT2D eigenvalue weighted by Crippen LogP contribution is -2.61. The fraction of sp³-hybridized carbons (Fsp3) is 0.951. The summed E-state index contributed by atoms with van der Waals surface area (Å²) >= 11 is 0. The standard InChI is InChI=1S/C41H76N2O13/c1-15-17-18-51-42-31-22(3)20-39(9,48)36(56-38-32(44)28(43(12)13)19-23(4)52-38)25(6)33(55-30-21-40(10,50-14)35(46)27(8)53-30)26(7)37(47)54-29(16-2)41(11,49)34(45)24(31)5/h22-30,32-36,38,44-46,48-49H,15-21H2,1-14H3/b42-31+/t22-,23-,24+,25+,26-,27+,28+,29-,30+,32-,33+,34-,35+,36?,38+,39-,40-,41-/m1/s1. The number of likely N-dealkylation sites (N-methyl/N-ethyl adjacent to an activating group) is 1. The van der Waals surface area contributed by atoms with Crippen LogP contribution in [-0.2, 0) is 38.1 Å². The van der Waals surface area contributed by atoms with E-state index < -0.39 is 102 Å². The third-order valence-electron chi connectivity index (χ3n) is 12.6. The zero-order valence-corrected chi connectivity index (χ0v) is 36.5. The van der Waals surface area contributed by atoms with Crippen LogP contribution in [0.4, 0.5) is 0 Å². The summed E-state index contributed by atoms with van der Waals surface area (Å²) in [7, 11) is 5.25. The fourth-order valence-electron chi connectivity index (χ4n) is 8.92. The molecule has 15 nitrogen and oxygen atoms in total. The van der Waals surface area contributed by atoms with E-state index in [4.69, 9.17) is 33.3 Å². The number of oxime groups is 1. The van der Waals surface area contributed by atoms with E-state index in [1.165, 1.54) is 14.0 Å². The second-order valence-electron chi connectivity index (χ2n) is 17.8. The number of hydrogen-bond donors (Lipinski definition) is 5. The highest BCUT2D eigenvalue weighted by Gasteiger charge is 2.53. The molecule has 0 bridgehead atoms. The lowest BCUT2D eigenvalue weighted by atomic mass is 9.73. The van der Waals surface area contributed by atoms with Gasteiger partial charge in [0.15, 0.2) is 12.6 Å². The molecule has 56 heavy (non-hydrogen) atoms. The normalized spacial score (nSPS) is 47.0. The smallest absolute Gasteiger partial charge is 0.311 e. The van der Waals surface area contributed by atoms with Crippen molar-refractivity contribution in [3.63, 3.8) is 0 Å². The van der Waals surface area contributed by atoms with E-state index in [2.05, 4.69) is 5.16 Å². The number of cyclic esters (lactones) is 1. The van der Waals surface area contributed by atoms with Gasteiger partial charge in [0.25, 0.3) is 0 Å². The quantitative estimate of drug-likeness (QED) is 0.116. The monoisotopic (exact) mass is 805 g/mol. The summed E-state index contributed by atoms with van der Waals surface area (Å²) in [5, 5.41) is 63.6. The zero-order chi connectivity index (χ0) is 42.5. The second-order valence-corrected chi connectivity index (χ2v) is 17.8. The molecule has 3 fully saturated rings. The zero-order valence-electron chi connectivity index (χ0n) is 36.5. The largest absolute Gasteiger partial charge is 0.459 e. The molecule has 3 rings (SSSR count). The summed E-state index contributed by atoms with van der Waals surface area (Å²) in [6.45, 7) is 19.6. The van der Waals surface area contributed by atoms with Gasteiger partial charge in [0.05, 0.1) is 53.4 Å². The number of methoxy groups -OCH3 is 1. The minimum absolute atomic E-state index is 0.0281. The molecular weight excluding hydrogens is 728 g/mol. The molecule has 15 heteroatoms. The number of carbonyl (C=O) groups excluding carboxylic acids is 1. The Kier molecular flexibility index (Phi) is 17.6. The highest BCUT2D eigenvalue weighted by Crippen LogP contribution is 2.41. The predicted molar refractivity (Wildman–Crippen MR) is 210 cm³/mol. The molecule has 3 aliphatic rings. The average Bonchev–Trinajstić information content (AvgIpc) is 3.12. The van der Waals surface area contributed by atoms with Gasteiger partial charge in [-0.25, -0.2) is 0 Å². The molecule has 0 radical (unpaired) electrons. The van der Waals surface area contributed by atoms with E-state index in [9.17, 15) is 30.3 Å². The lowest BCUT2D eigenvalue weighted by Gasteiger charge is -2.49. The first-order valence-electron chi connectivity index (χ1n) is 20.7. The van der Waals surface area contributed by atoms with Crippen molar-refractivity contribution in [2.45, 2.75) is 199 Å². The summed E-state index contributed by atoms with van der Waals surface area (Å²) in [6.07, 6.45) is -7.45. The van der Waals surface area contributed by atoms with Gasteiger partial charge in [0, 0.05) is 37.3 Å². The first-order chi connectivity index (χ1) is 26.0. The molecule has 0 aromatic heterocycles. The summed E-state index contributed by atoms with van der Waals surface area (Å²) in [5.74, 6) is -3.90. The molecular formula is C41H76N2O13. The predicted octanol–water partition coefficient (Wildman–Crippen LogP) is 3.39. The molecule has 1 unspecified atom stereocenters. The van der Waals surface area contributed by atoms with Crippen LogP contribution < -0.4 is 0 Å². The van der Waals surface area contributed by atoms with Crippen LogP contribution in [0.1, 0.15) is 115 Å². The summed E-state index contributed by atoms with van der Waals surface area (Å²) in [6, 6.07) is -0.308. The maximum absolute atomic E-state index is 14.3. The van der Waals surface area contributed by atoms with E-state index in [0.29, 0.717) is 18.7 Å². The van der Waals surface area contributed by atoms with Crippen LogP contribution in [0.25, 0.3) is 0 Å². The van der Waals surface area contributed by atoms with Gasteiger partial charge in [-0.15, -0.1) is 0 Å². The number of esters is 1. The van der Waals surface area contributed by atoms with Gasteiger partial charge >= 0.3 is 5.97 Å². The van der Waals surface area contributed by atoms with Crippen molar-refractivity contribution < 1.29 is 63.6 Å². The maximum atomic E-state index is 14.3. The van der Waals surface area contributed by atoms with E-state index in [1.807, 2.05) is 39.8 Å². The Morgan fingerprint density at radius 3 is 2.12 bits per heavy atom. The lowest BCUT2D eigenvalue weighted by molar-refractivity contribution is -0.317. The molecule has 3 heterocycles. The van der Waals surface area contributed by atoms with Crippen LogP contribution in [0.3, 0.4) is 0 Å². The fourth-order valence-corrected chi connectivity index (χ4v) is 8.92. The number of aliphatic hydroxyl groups is 5. The molecule has 0 aromatic rings. The second kappa shape index (κ2) is 20.2. The van der Waals surface area contributed by atoms with Crippen LogP contribution in [0.2, 0.25) is 0 Å². The third-order valence-corrected chi connectivity index (χ3v) is 12.6. The number of unbranched alkanes of at least 4 members (excludes halogenated alkanes) is 1. The Labute approximate surface area is 335 Å². The van der Waals surface area contributed by atoms with Gasteiger partial charge in [-0.05, 0) is 81.3 Å². The van der Waals surface area contributed by atoms with Crippen LogP contribution in [-0.4, -0.2) is 154 Å². The summed E-state index contributed by atoms with van der Waals surface area (Å²) in [5.41, 5.74) is -4.27. The number of carbonyl (C=O) groups is 1. The topological polar surface area (TPSA) is 198 Å². The Morgan fingerprint density at radius 2 is 1.55 bits per heavy atom. The van der Waals surface area contributed by atoms with Gasteiger partial charge in [0.2, 0.25) is 0 Å². The SMILES string of the molecule is CCCCO/N=C1\[C@H](C)C[C@@](C)(O)C(O[C@@H]2O[C@H](C)C[C@H](N(C)C)[C@H]2O)[C@@H](C)[C@H](O[C@H]2C[C@@](C)(OC)[C@@H](O)[C@H](C)O2)[C@@H](C)C(=O)O[C@H](CC)[C@@](C)(O)[C@H](O)[C@H]1C. The van der Waals surface area contributed by atoms with E-state index in [1.54, 1.807) is 48.5 Å². The van der Waals surface area contributed by atoms with Crippen molar-refractivity contribution in [3.8, 4) is 0 Å². The molecule has 18 atom stereocenters. The molecule has 0 aliphatic carbocycles. The van der Waals surface area contributed by atoms with Gasteiger partial charge in [-0.1, -0.05) is 46.2 Å². The number of hydrogen-bond acceptors (Lipinski definition) is 15. The molecule has 3 saturated heterocycles. The molecule has 3 aliphatic heterocycles. The first kappa shape index (κ1) is 48.9. The Bertz CT molecular complexity index is 1270. The Hall–Kier alpha value is -1.50. The third kappa shape index (κ3) is 11.2. The van der Waals surface area contributed by atoms with Crippen molar-refractivity contribution in [3.05, 3.63) is 0 Å². The molecule has 0 aromatic carbocycles. The first-order valence-corrected chi connectivity index (χ1v) is 20.7. The average molecular weight is 805 g/mol. The van der Waals surface area contributed by atoms with E-state index in [0.717, 1.165) is 12.8 Å². The van der Waals surface area contributed by atoms with Crippen molar-refractivity contribution in [2.24, 2.45) is 28.8 Å². The van der Waals surface area contributed by atoms with Gasteiger partial charge in [0.1, 0.15) is 30.5 Å². The molecule has 0 saturated carbocycles. The highest BCUT2D eigenvalue weighted by atomic mass is 16.7. The van der Waals surface area contributed by atoms with Gasteiger partial charge in [-0.3, -0.25) is 4.79 Å². The van der Waals surface area contributed by atoms with E-state index >= 15 is 0 Å². The maximum Gasteiger partial charge on any atom is 0.311 e. The van der Waals surface area contributed by atoms with Crippen LogP contribution >= 0.6 is 0 Å². The summed E-state index contributed by atoms with van der Waals surface area (Å²) in [4.78, 5) is 22.0. The van der Waals surface area contributed by atoms with Crippen molar-refractivity contribution >= 4 is 11.7 Å². The van der Waals surface area contributed by atoms with Crippen LogP contribution in [0, 0.1) is 23.7 Å². The molecule has 5 N–H and O–H groups in total. The van der Waals surface area contributed by atoms with Gasteiger partial charge < -0.3 is 63.7 Å². The van der Waals surface area contributed by atoms with Crippen molar-refractivity contribution in [2.75, 3.05) is 27.8 Å². The Balaban J connectivity index is 2.24.